The van der Waals surface area contributed by atoms with E-state index in [1.54, 1.807) is 0 Å². The van der Waals surface area contributed by atoms with Crippen molar-refractivity contribution >= 4 is 49.1 Å². The van der Waals surface area contributed by atoms with E-state index in [1.165, 1.54) is 71.4 Å². The van der Waals surface area contributed by atoms with E-state index in [1.807, 2.05) is 6.20 Å². The molecular formula is C34H21N3. The molecule has 0 unspecified atom stereocenters. The lowest BCUT2D eigenvalue weighted by Gasteiger charge is -2.13. The van der Waals surface area contributed by atoms with Gasteiger partial charge in [-0.3, -0.25) is 4.40 Å². The molecule has 0 spiro atoms. The quantitative estimate of drug-likeness (QED) is 0.221. The minimum absolute atomic E-state index is 0.979. The van der Waals surface area contributed by atoms with Gasteiger partial charge in [0, 0.05) is 45.0 Å². The van der Waals surface area contributed by atoms with E-state index in [0.29, 0.717) is 0 Å². The molecule has 1 aliphatic carbocycles. The van der Waals surface area contributed by atoms with Crippen molar-refractivity contribution in [1.29, 1.82) is 0 Å². The molecule has 0 radical (unpaired) electrons. The highest BCUT2D eigenvalue weighted by atomic mass is 15.0. The molecule has 0 N–H and O–H groups in total. The number of hydrogen-bond acceptors (Lipinski definition) is 1. The first-order valence-corrected chi connectivity index (χ1v) is 12.8. The molecule has 0 saturated carbocycles. The third-order valence-electron chi connectivity index (χ3n) is 8.17. The Balaban J connectivity index is 1.55. The zero-order chi connectivity index (χ0) is 24.1. The minimum atomic E-state index is 0.979. The summed E-state index contributed by atoms with van der Waals surface area (Å²) >= 11 is 0. The average molecular weight is 472 g/mol. The van der Waals surface area contributed by atoms with Gasteiger partial charge in [-0.25, -0.2) is 4.98 Å². The fourth-order valence-electron chi connectivity index (χ4n) is 6.65. The highest BCUT2D eigenvalue weighted by Crippen LogP contribution is 2.44. The molecule has 3 heterocycles. The van der Waals surface area contributed by atoms with Crippen LogP contribution < -0.4 is 0 Å². The van der Waals surface area contributed by atoms with Gasteiger partial charge >= 0.3 is 0 Å². The van der Waals surface area contributed by atoms with Gasteiger partial charge in [0.2, 0.25) is 0 Å². The predicted octanol–water partition coefficient (Wildman–Crippen LogP) is 8.31. The number of benzene rings is 5. The second-order valence-corrected chi connectivity index (χ2v) is 10.1. The molecule has 8 aromatic rings. The molecule has 0 atom stereocenters. The summed E-state index contributed by atoms with van der Waals surface area (Å²) in [5, 5.41) is 6.30. The van der Waals surface area contributed by atoms with Gasteiger partial charge in [0.25, 0.3) is 0 Å². The Morgan fingerprint density at radius 2 is 1.41 bits per heavy atom. The fraction of sp³-hybridized carbons (Fsp3) is 0.0294. The maximum Gasteiger partial charge on any atom is 0.145 e. The van der Waals surface area contributed by atoms with Gasteiger partial charge in [0.05, 0.1) is 16.6 Å². The van der Waals surface area contributed by atoms with Crippen molar-refractivity contribution in [2.45, 2.75) is 6.42 Å². The predicted molar refractivity (Wildman–Crippen MR) is 153 cm³/mol. The van der Waals surface area contributed by atoms with E-state index in [0.717, 1.165) is 12.1 Å². The van der Waals surface area contributed by atoms with Crippen LogP contribution in [0.3, 0.4) is 0 Å². The second kappa shape index (κ2) is 6.86. The summed E-state index contributed by atoms with van der Waals surface area (Å²) in [4.78, 5) is 4.84. The van der Waals surface area contributed by atoms with Gasteiger partial charge in [0.1, 0.15) is 5.65 Å². The van der Waals surface area contributed by atoms with Gasteiger partial charge in [-0.05, 0) is 71.1 Å². The average Bonchev–Trinajstić information content (AvgIpc) is 3.66. The molecule has 3 aromatic heterocycles. The number of imidazole rings is 1. The first-order chi connectivity index (χ1) is 18.4. The Hall–Kier alpha value is -4.89. The van der Waals surface area contributed by atoms with E-state index in [2.05, 4.69) is 118 Å². The zero-order valence-corrected chi connectivity index (χ0v) is 20.0. The van der Waals surface area contributed by atoms with Crippen molar-refractivity contribution in [3.8, 4) is 16.8 Å². The van der Waals surface area contributed by atoms with Crippen LogP contribution in [0.1, 0.15) is 11.1 Å². The maximum atomic E-state index is 4.84. The Morgan fingerprint density at radius 3 is 2.35 bits per heavy atom. The SMILES string of the molecule is c1ccc(-n2c3ccccc3c3c4c5cc6c(cc5n5ccnc5c4ccc32)Cc2ccccc2-6)cc1. The lowest BCUT2D eigenvalue weighted by Crippen LogP contribution is -1.95. The van der Waals surface area contributed by atoms with Gasteiger partial charge in [-0.15, -0.1) is 0 Å². The Kier molecular flexibility index (Phi) is 3.58. The topological polar surface area (TPSA) is 22.2 Å². The molecule has 0 saturated heterocycles. The summed E-state index contributed by atoms with van der Waals surface area (Å²) in [5.74, 6) is 0. The summed E-state index contributed by atoms with van der Waals surface area (Å²) in [6.45, 7) is 0. The van der Waals surface area contributed by atoms with Gasteiger partial charge in [0.15, 0.2) is 0 Å². The molecule has 1 aliphatic rings. The highest BCUT2D eigenvalue weighted by molar-refractivity contribution is 6.30. The van der Waals surface area contributed by atoms with Crippen molar-refractivity contribution in [3.63, 3.8) is 0 Å². The van der Waals surface area contributed by atoms with Crippen molar-refractivity contribution in [2.24, 2.45) is 0 Å². The molecule has 0 bridgehead atoms. The van der Waals surface area contributed by atoms with E-state index in [9.17, 15) is 0 Å². The molecule has 3 heteroatoms. The van der Waals surface area contributed by atoms with Crippen molar-refractivity contribution in [2.75, 3.05) is 0 Å². The Bertz CT molecular complexity index is 2210. The molecule has 5 aromatic carbocycles. The van der Waals surface area contributed by atoms with Crippen LogP contribution in [0.25, 0.3) is 65.9 Å². The summed E-state index contributed by atoms with van der Waals surface area (Å²) in [6, 6.07) is 37.7. The van der Waals surface area contributed by atoms with Gasteiger partial charge < -0.3 is 4.57 Å². The van der Waals surface area contributed by atoms with Crippen LogP contribution >= 0.6 is 0 Å². The third-order valence-corrected chi connectivity index (χ3v) is 8.17. The lowest BCUT2D eigenvalue weighted by atomic mass is 9.96. The number of pyridine rings is 1. The molecule has 0 amide bonds. The monoisotopic (exact) mass is 471 g/mol. The number of rotatable bonds is 1. The van der Waals surface area contributed by atoms with E-state index >= 15 is 0 Å². The van der Waals surface area contributed by atoms with E-state index in [4.69, 9.17) is 4.98 Å². The first-order valence-electron chi connectivity index (χ1n) is 12.8. The van der Waals surface area contributed by atoms with Crippen LogP contribution in [0.5, 0.6) is 0 Å². The molecule has 37 heavy (non-hydrogen) atoms. The molecular weight excluding hydrogens is 450 g/mol. The highest BCUT2D eigenvalue weighted by Gasteiger charge is 2.23. The Labute approximate surface area is 212 Å². The van der Waals surface area contributed by atoms with Crippen LogP contribution in [-0.4, -0.2) is 14.0 Å². The number of fused-ring (bicyclic) bond motifs is 13. The lowest BCUT2D eigenvalue weighted by molar-refractivity contribution is 1.18. The summed E-state index contributed by atoms with van der Waals surface area (Å²) in [5.41, 5.74) is 11.4. The van der Waals surface area contributed by atoms with Crippen LogP contribution in [0.2, 0.25) is 0 Å². The molecule has 9 rings (SSSR count). The molecule has 0 aliphatic heterocycles. The second-order valence-electron chi connectivity index (χ2n) is 10.1. The van der Waals surface area contributed by atoms with E-state index in [-0.39, 0.29) is 0 Å². The summed E-state index contributed by atoms with van der Waals surface area (Å²) in [6.07, 6.45) is 5.00. The standard InChI is InChI=1S/C34H21N3/c1-2-9-23(10-3-1)37-29-13-7-6-12-25(29)33-30(37)15-14-26-32(33)28-20-27-22(18-21-8-4-5-11-24(21)27)19-31(28)36-17-16-35-34(26)36/h1-17,19-20H,18H2. The third kappa shape index (κ3) is 2.43. The summed E-state index contributed by atoms with van der Waals surface area (Å²) < 4.78 is 4.66. The molecule has 172 valence electrons. The number of nitrogens with zero attached hydrogens (tertiary/aromatic N) is 3. The van der Waals surface area contributed by atoms with Crippen LogP contribution in [-0.2, 0) is 6.42 Å². The smallest absolute Gasteiger partial charge is 0.145 e. The number of para-hydroxylation sites is 2. The van der Waals surface area contributed by atoms with Crippen LogP contribution in [0.15, 0.2) is 116 Å². The Morgan fingerprint density at radius 1 is 0.568 bits per heavy atom. The molecule has 0 fully saturated rings. The van der Waals surface area contributed by atoms with Gasteiger partial charge in [-0.2, -0.15) is 0 Å². The van der Waals surface area contributed by atoms with Crippen LogP contribution in [0.4, 0.5) is 0 Å². The minimum Gasteiger partial charge on any atom is -0.309 e. The van der Waals surface area contributed by atoms with Crippen LogP contribution in [0, 0.1) is 0 Å². The maximum absolute atomic E-state index is 4.84. The first kappa shape index (κ1) is 19.3. The van der Waals surface area contributed by atoms with Crippen molar-refractivity contribution < 1.29 is 0 Å². The summed E-state index contributed by atoms with van der Waals surface area (Å²) in [7, 11) is 0. The molecule has 3 nitrogen and oxygen atoms in total. The van der Waals surface area contributed by atoms with Crippen molar-refractivity contribution in [1.82, 2.24) is 14.0 Å². The number of hydrogen-bond donors (Lipinski definition) is 0. The normalized spacial score (nSPS) is 12.8. The fourth-order valence-corrected chi connectivity index (χ4v) is 6.65. The van der Waals surface area contributed by atoms with E-state index < -0.39 is 0 Å². The number of aromatic nitrogens is 3. The largest absolute Gasteiger partial charge is 0.309 e. The zero-order valence-electron chi connectivity index (χ0n) is 20.0. The van der Waals surface area contributed by atoms with Gasteiger partial charge in [-0.1, -0.05) is 60.7 Å². The van der Waals surface area contributed by atoms with Crippen molar-refractivity contribution in [3.05, 3.63) is 127 Å².